The molecule has 1 aromatic heterocycles. The van der Waals surface area contributed by atoms with Crippen LogP contribution >= 0.6 is 0 Å². The van der Waals surface area contributed by atoms with E-state index in [1.807, 2.05) is 44.1 Å². The number of aryl methyl sites for hydroxylation is 1. The minimum Gasteiger partial charge on any atom is -0.376 e. The normalized spacial score (nSPS) is 10.8. The number of azo groups is 1. The molecular weight excluding hydrogens is 226 g/mol. The molecule has 0 spiro atoms. The molecule has 5 nitrogen and oxygen atoms in total. The van der Waals surface area contributed by atoms with E-state index in [1.165, 1.54) is 0 Å². The van der Waals surface area contributed by atoms with Crippen molar-refractivity contribution in [2.75, 3.05) is 19.0 Å². The Bertz CT molecular complexity index is 549. The Labute approximate surface area is 106 Å². The van der Waals surface area contributed by atoms with Gasteiger partial charge in [-0.05, 0) is 30.7 Å². The summed E-state index contributed by atoms with van der Waals surface area (Å²) in [7, 11) is 3.95. The van der Waals surface area contributed by atoms with Crippen molar-refractivity contribution in [1.29, 1.82) is 0 Å². The molecule has 0 saturated carbocycles. The first-order valence-corrected chi connectivity index (χ1v) is 5.63. The van der Waals surface area contributed by atoms with Crippen molar-refractivity contribution in [3.05, 3.63) is 42.2 Å². The van der Waals surface area contributed by atoms with Crippen LogP contribution < -0.4 is 4.90 Å². The molecule has 92 valence electrons. The smallest absolute Gasteiger partial charge is 0.268 e. The van der Waals surface area contributed by atoms with Gasteiger partial charge in [-0.3, -0.25) is 0 Å². The summed E-state index contributed by atoms with van der Waals surface area (Å²) >= 11 is 0. The summed E-state index contributed by atoms with van der Waals surface area (Å²) in [6.07, 6.45) is 3.29. The Kier molecular flexibility index (Phi) is 3.62. The second kappa shape index (κ2) is 5.35. The van der Waals surface area contributed by atoms with Crippen LogP contribution in [-0.2, 0) is 0 Å². The van der Waals surface area contributed by atoms with Gasteiger partial charge in [0.15, 0.2) is 0 Å². The summed E-state index contributed by atoms with van der Waals surface area (Å²) in [5, 5.41) is 8.25. The van der Waals surface area contributed by atoms with E-state index in [4.69, 9.17) is 0 Å². The molecule has 2 rings (SSSR count). The monoisotopic (exact) mass is 241 g/mol. The van der Waals surface area contributed by atoms with Crippen LogP contribution in [0, 0.1) is 6.92 Å². The van der Waals surface area contributed by atoms with E-state index in [0.29, 0.717) is 5.95 Å². The fraction of sp³-hybridized carbons (Fsp3) is 0.231. The van der Waals surface area contributed by atoms with Gasteiger partial charge in [-0.1, -0.05) is 6.07 Å². The largest absolute Gasteiger partial charge is 0.376 e. The Morgan fingerprint density at radius 1 is 1.06 bits per heavy atom. The second-order valence-corrected chi connectivity index (χ2v) is 4.14. The van der Waals surface area contributed by atoms with E-state index in [1.54, 1.807) is 18.5 Å². The third-order valence-electron chi connectivity index (χ3n) is 2.41. The first-order valence-electron chi connectivity index (χ1n) is 5.63. The van der Waals surface area contributed by atoms with Crippen molar-refractivity contribution in [1.82, 2.24) is 9.97 Å². The quantitative estimate of drug-likeness (QED) is 0.775. The van der Waals surface area contributed by atoms with Gasteiger partial charge in [-0.15, -0.1) is 10.2 Å². The number of hydrogen-bond donors (Lipinski definition) is 0. The zero-order valence-corrected chi connectivity index (χ0v) is 10.7. The average Bonchev–Trinajstić information content (AvgIpc) is 2.37. The maximum atomic E-state index is 4.22. The van der Waals surface area contributed by atoms with Crippen molar-refractivity contribution in [3.8, 4) is 0 Å². The summed E-state index contributed by atoms with van der Waals surface area (Å²) < 4.78 is 0. The molecular formula is C13H15N5. The number of benzene rings is 1. The fourth-order valence-electron chi connectivity index (χ4n) is 1.53. The Morgan fingerprint density at radius 3 is 2.44 bits per heavy atom. The summed E-state index contributed by atoms with van der Waals surface area (Å²) in [4.78, 5) is 10.0. The lowest BCUT2D eigenvalue weighted by atomic mass is 10.2. The van der Waals surface area contributed by atoms with Gasteiger partial charge in [0, 0.05) is 26.5 Å². The fourth-order valence-corrected chi connectivity index (χ4v) is 1.53. The Balaban J connectivity index is 2.33. The van der Waals surface area contributed by atoms with Gasteiger partial charge in [0.1, 0.15) is 5.69 Å². The van der Waals surface area contributed by atoms with Crippen molar-refractivity contribution in [2.24, 2.45) is 10.2 Å². The molecule has 0 bridgehead atoms. The number of hydrogen-bond acceptors (Lipinski definition) is 5. The van der Waals surface area contributed by atoms with Crippen LogP contribution in [0.5, 0.6) is 0 Å². The number of nitrogens with zero attached hydrogens (tertiary/aromatic N) is 5. The number of aromatic nitrogens is 2. The maximum Gasteiger partial charge on any atom is 0.268 e. The lowest BCUT2D eigenvalue weighted by Gasteiger charge is -2.14. The van der Waals surface area contributed by atoms with Crippen molar-refractivity contribution in [3.63, 3.8) is 0 Å². The highest BCUT2D eigenvalue weighted by atomic mass is 15.2. The highest BCUT2D eigenvalue weighted by molar-refractivity contribution is 5.67. The first kappa shape index (κ1) is 12.2. The minimum absolute atomic E-state index is 0.365. The van der Waals surface area contributed by atoms with Crippen LogP contribution in [0.25, 0.3) is 0 Å². The maximum absolute atomic E-state index is 4.22. The topological polar surface area (TPSA) is 53.7 Å². The molecule has 1 heterocycles. The molecule has 0 aliphatic carbocycles. The molecule has 18 heavy (non-hydrogen) atoms. The molecule has 0 amide bonds. The second-order valence-electron chi connectivity index (χ2n) is 4.14. The summed E-state index contributed by atoms with van der Waals surface area (Å²) in [6, 6.07) is 7.81. The predicted octanol–water partition coefficient (Wildman–Crippen LogP) is 3.27. The molecule has 0 radical (unpaired) electrons. The van der Waals surface area contributed by atoms with Gasteiger partial charge in [0.05, 0.1) is 5.69 Å². The van der Waals surface area contributed by atoms with Gasteiger partial charge in [-0.2, -0.15) is 0 Å². The molecule has 0 N–H and O–H groups in total. The van der Waals surface area contributed by atoms with Gasteiger partial charge < -0.3 is 4.90 Å². The predicted molar refractivity (Wildman–Crippen MR) is 71.7 cm³/mol. The molecule has 5 heteroatoms. The summed E-state index contributed by atoms with van der Waals surface area (Å²) in [5.41, 5.74) is 2.97. The zero-order chi connectivity index (χ0) is 13.0. The molecule has 0 aliphatic rings. The van der Waals surface area contributed by atoms with Gasteiger partial charge in [0.25, 0.3) is 5.95 Å². The van der Waals surface area contributed by atoms with E-state index in [2.05, 4.69) is 20.2 Å². The lowest BCUT2D eigenvalue weighted by molar-refractivity contribution is 1.05. The highest BCUT2D eigenvalue weighted by Crippen LogP contribution is 2.29. The van der Waals surface area contributed by atoms with Crippen LogP contribution in [-0.4, -0.2) is 24.1 Å². The standard InChI is InChI=1S/C13H15N5/c1-10-5-6-12(18(2)3)11(9-10)16-17-13-14-7-4-8-15-13/h4-9H,1-3H3. The minimum atomic E-state index is 0.365. The number of rotatable bonds is 3. The Morgan fingerprint density at radius 2 is 1.78 bits per heavy atom. The highest BCUT2D eigenvalue weighted by Gasteiger charge is 2.04. The van der Waals surface area contributed by atoms with E-state index < -0.39 is 0 Å². The van der Waals surface area contributed by atoms with Crippen LogP contribution in [0.2, 0.25) is 0 Å². The van der Waals surface area contributed by atoms with Gasteiger partial charge in [0.2, 0.25) is 0 Å². The van der Waals surface area contributed by atoms with E-state index >= 15 is 0 Å². The Hall–Kier alpha value is -2.30. The molecule has 0 unspecified atom stereocenters. The third kappa shape index (κ3) is 2.88. The summed E-state index contributed by atoms with van der Waals surface area (Å²) in [6.45, 7) is 2.03. The third-order valence-corrected chi connectivity index (χ3v) is 2.41. The van der Waals surface area contributed by atoms with Crippen molar-refractivity contribution >= 4 is 17.3 Å². The van der Waals surface area contributed by atoms with Crippen LogP contribution in [0.15, 0.2) is 46.9 Å². The zero-order valence-electron chi connectivity index (χ0n) is 10.7. The molecule has 0 fully saturated rings. The molecule has 1 aromatic carbocycles. The van der Waals surface area contributed by atoms with Gasteiger partial charge in [-0.25, -0.2) is 9.97 Å². The van der Waals surface area contributed by atoms with Crippen LogP contribution in [0.1, 0.15) is 5.56 Å². The SMILES string of the molecule is Cc1ccc(N(C)C)c(N=Nc2ncccn2)c1. The lowest BCUT2D eigenvalue weighted by Crippen LogP contribution is -2.08. The van der Waals surface area contributed by atoms with E-state index in [0.717, 1.165) is 16.9 Å². The molecule has 0 saturated heterocycles. The van der Waals surface area contributed by atoms with Crippen molar-refractivity contribution in [2.45, 2.75) is 6.92 Å². The molecule has 0 atom stereocenters. The van der Waals surface area contributed by atoms with Crippen LogP contribution in [0.4, 0.5) is 17.3 Å². The first-order chi connectivity index (χ1) is 8.66. The average molecular weight is 241 g/mol. The number of anilines is 1. The van der Waals surface area contributed by atoms with E-state index in [-0.39, 0.29) is 0 Å². The molecule has 0 aliphatic heterocycles. The van der Waals surface area contributed by atoms with Gasteiger partial charge >= 0.3 is 0 Å². The molecule has 2 aromatic rings. The van der Waals surface area contributed by atoms with Crippen LogP contribution in [0.3, 0.4) is 0 Å². The van der Waals surface area contributed by atoms with Crippen molar-refractivity contribution < 1.29 is 0 Å². The van der Waals surface area contributed by atoms with E-state index in [9.17, 15) is 0 Å². The summed E-state index contributed by atoms with van der Waals surface area (Å²) in [5.74, 6) is 0.365.